The Kier molecular flexibility index (Phi) is 4.62. The number of urea groups is 1. The fraction of sp³-hybridized carbons (Fsp3) is 0.400. The molecule has 2 aromatic rings. The largest absolute Gasteiger partial charge is 0.325 e. The van der Waals surface area contributed by atoms with Crippen LogP contribution < -0.4 is 10.6 Å². The van der Waals surface area contributed by atoms with Crippen LogP contribution in [0.1, 0.15) is 43.0 Å². The number of halogens is 1. The van der Waals surface area contributed by atoms with E-state index in [9.17, 15) is 9.18 Å². The number of rotatable bonds is 3. The van der Waals surface area contributed by atoms with Gasteiger partial charge in [0.15, 0.2) is 0 Å². The van der Waals surface area contributed by atoms with Gasteiger partial charge in [0.2, 0.25) is 5.13 Å². The third-order valence-corrected chi connectivity index (χ3v) is 4.70. The van der Waals surface area contributed by atoms with Crippen molar-refractivity contribution >= 4 is 28.2 Å². The van der Waals surface area contributed by atoms with Gasteiger partial charge >= 0.3 is 6.03 Å². The Bertz CT molecular complexity index is 654. The van der Waals surface area contributed by atoms with Gasteiger partial charge in [0.25, 0.3) is 0 Å². The van der Waals surface area contributed by atoms with Crippen molar-refractivity contribution in [3.05, 3.63) is 35.1 Å². The van der Waals surface area contributed by atoms with E-state index < -0.39 is 11.8 Å². The molecule has 0 radical (unpaired) electrons. The van der Waals surface area contributed by atoms with Crippen molar-refractivity contribution in [1.29, 1.82) is 0 Å². The lowest BCUT2D eigenvalue weighted by Gasteiger charge is -2.18. The van der Waals surface area contributed by atoms with E-state index in [-0.39, 0.29) is 0 Å². The summed E-state index contributed by atoms with van der Waals surface area (Å²) in [7, 11) is 0. The highest BCUT2D eigenvalue weighted by Gasteiger charge is 2.20. The minimum absolute atomic E-state index is 0.395. The molecule has 1 fully saturated rings. The molecule has 22 heavy (non-hydrogen) atoms. The van der Waals surface area contributed by atoms with Crippen molar-refractivity contribution in [3.8, 4) is 0 Å². The van der Waals surface area contributed by atoms with E-state index in [1.54, 1.807) is 6.07 Å². The topological polar surface area (TPSA) is 66.9 Å². The molecule has 0 aliphatic heterocycles. The highest BCUT2D eigenvalue weighted by Crippen LogP contribution is 2.35. The zero-order valence-corrected chi connectivity index (χ0v) is 12.8. The maximum Gasteiger partial charge on any atom is 0.325 e. The lowest BCUT2D eigenvalue weighted by atomic mass is 9.90. The van der Waals surface area contributed by atoms with Crippen molar-refractivity contribution in [2.75, 3.05) is 10.6 Å². The molecule has 5 nitrogen and oxygen atoms in total. The van der Waals surface area contributed by atoms with Gasteiger partial charge in [-0.25, -0.2) is 9.18 Å². The second-order valence-corrected chi connectivity index (χ2v) is 6.38. The third-order valence-electron chi connectivity index (χ3n) is 3.70. The van der Waals surface area contributed by atoms with E-state index in [1.807, 2.05) is 0 Å². The SMILES string of the molecule is O=C(Nc1cccc(F)c1)Nc1nnc(C2CCCCC2)s1. The molecule has 1 saturated carbocycles. The monoisotopic (exact) mass is 320 g/mol. The van der Waals surface area contributed by atoms with Crippen molar-refractivity contribution in [2.24, 2.45) is 0 Å². The predicted octanol–water partition coefficient (Wildman–Crippen LogP) is 4.37. The van der Waals surface area contributed by atoms with Crippen LogP contribution in [0.15, 0.2) is 24.3 Å². The Labute approximate surface area is 132 Å². The van der Waals surface area contributed by atoms with Crippen LogP contribution in [-0.4, -0.2) is 16.2 Å². The van der Waals surface area contributed by atoms with Crippen LogP contribution >= 0.6 is 11.3 Å². The molecule has 2 amide bonds. The highest BCUT2D eigenvalue weighted by molar-refractivity contribution is 7.15. The van der Waals surface area contributed by atoms with Crippen LogP contribution in [-0.2, 0) is 0 Å². The quantitative estimate of drug-likeness (QED) is 0.882. The number of nitrogens with zero attached hydrogens (tertiary/aromatic N) is 2. The number of carbonyl (C=O) groups is 1. The van der Waals surface area contributed by atoms with Gasteiger partial charge in [0, 0.05) is 11.6 Å². The zero-order chi connectivity index (χ0) is 15.4. The van der Waals surface area contributed by atoms with Crippen LogP contribution in [0.4, 0.5) is 20.0 Å². The second-order valence-electron chi connectivity index (χ2n) is 5.37. The lowest BCUT2D eigenvalue weighted by Crippen LogP contribution is -2.19. The summed E-state index contributed by atoms with van der Waals surface area (Å²) in [5.41, 5.74) is 0.398. The standard InChI is InChI=1S/C15H17FN4OS/c16-11-7-4-8-12(9-11)17-14(21)18-15-20-19-13(22-15)10-5-2-1-3-6-10/h4,7-10H,1-3,5-6H2,(H2,17,18,20,21). The minimum Gasteiger partial charge on any atom is -0.308 e. The molecule has 2 N–H and O–H groups in total. The van der Waals surface area contributed by atoms with Gasteiger partial charge in [-0.3, -0.25) is 5.32 Å². The van der Waals surface area contributed by atoms with Gasteiger partial charge in [-0.1, -0.05) is 36.7 Å². The van der Waals surface area contributed by atoms with Crippen LogP contribution in [0.5, 0.6) is 0 Å². The Balaban J connectivity index is 1.58. The smallest absolute Gasteiger partial charge is 0.308 e. The molecule has 1 aromatic carbocycles. The molecule has 1 aliphatic carbocycles. The summed E-state index contributed by atoms with van der Waals surface area (Å²) in [6.07, 6.45) is 6.03. The van der Waals surface area contributed by atoms with Gasteiger partial charge in [-0.05, 0) is 31.0 Å². The third kappa shape index (κ3) is 3.79. The number of aromatic nitrogens is 2. The summed E-state index contributed by atoms with van der Waals surface area (Å²) in [5.74, 6) is 0.0707. The van der Waals surface area contributed by atoms with Gasteiger partial charge < -0.3 is 5.32 Å². The number of hydrogen-bond donors (Lipinski definition) is 2. The molecule has 7 heteroatoms. The van der Waals surface area contributed by atoms with Crippen molar-refractivity contribution in [1.82, 2.24) is 10.2 Å². The molecule has 1 aliphatic rings. The van der Waals surface area contributed by atoms with E-state index in [0.717, 1.165) is 17.8 Å². The van der Waals surface area contributed by atoms with E-state index in [4.69, 9.17) is 0 Å². The summed E-state index contributed by atoms with van der Waals surface area (Å²) in [6, 6.07) is 5.29. The van der Waals surface area contributed by atoms with E-state index in [2.05, 4.69) is 20.8 Å². The zero-order valence-electron chi connectivity index (χ0n) is 12.0. The first-order valence-corrected chi connectivity index (χ1v) is 8.19. The first-order chi connectivity index (χ1) is 10.7. The Morgan fingerprint density at radius 2 is 2.00 bits per heavy atom. The molecule has 0 atom stereocenters. The highest BCUT2D eigenvalue weighted by atomic mass is 32.1. The van der Waals surface area contributed by atoms with E-state index >= 15 is 0 Å². The molecule has 0 spiro atoms. The van der Waals surface area contributed by atoms with Crippen LogP contribution in [0.2, 0.25) is 0 Å². The minimum atomic E-state index is -0.447. The fourth-order valence-corrected chi connectivity index (χ4v) is 3.53. The molecule has 1 aromatic heterocycles. The molecule has 0 bridgehead atoms. The van der Waals surface area contributed by atoms with E-state index in [0.29, 0.717) is 16.7 Å². The Morgan fingerprint density at radius 3 is 2.77 bits per heavy atom. The maximum atomic E-state index is 13.1. The van der Waals surface area contributed by atoms with Crippen LogP contribution in [0.25, 0.3) is 0 Å². The first-order valence-electron chi connectivity index (χ1n) is 7.38. The number of amides is 2. The average molecular weight is 320 g/mol. The summed E-state index contributed by atoms with van der Waals surface area (Å²) in [6.45, 7) is 0. The number of carbonyl (C=O) groups excluding carboxylic acids is 1. The van der Waals surface area contributed by atoms with E-state index in [1.165, 1.54) is 48.8 Å². The van der Waals surface area contributed by atoms with Gasteiger partial charge in [0.05, 0.1) is 0 Å². The van der Waals surface area contributed by atoms with Gasteiger partial charge in [-0.2, -0.15) is 0 Å². The van der Waals surface area contributed by atoms with Crippen LogP contribution in [0.3, 0.4) is 0 Å². The van der Waals surface area contributed by atoms with Crippen molar-refractivity contribution in [2.45, 2.75) is 38.0 Å². The molecule has 1 heterocycles. The number of nitrogens with one attached hydrogen (secondary N) is 2. The number of anilines is 2. The molecule has 0 saturated heterocycles. The molecule has 116 valence electrons. The summed E-state index contributed by atoms with van der Waals surface area (Å²) in [4.78, 5) is 11.9. The number of hydrogen-bond acceptors (Lipinski definition) is 4. The predicted molar refractivity (Wildman–Crippen MR) is 84.8 cm³/mol. The normalized spacial score (nSPS) is 15.5. The van der Waals surface area contributed by atoms with Gasteiger partial charge in [0.1, 0.15) is 10.8 Å². The molecular formula is C15H17FN4OS. The molecule has 3 rings (SSSR count). The molecular weight excluding hydrogens is 303 g/mol. The summed E-state index contributed by atoms with van der Waals surface area (Å²) in [5, 5.41) is 14.9. The summed E-state index contributed by atoms with van der Waals surface area (Å²) < 4.78 is 13.1. The lowest BCUT2D eigenvalue weighted by molar-refractivity contribution is 0.262. The van der Waals surface area contributed by atoms with Gasteiger partial charge in [-0.15, -0.1) is 10.2 Å². The molecule has 0 unspecified atom stereocenters. The first kappa shape index (κ1) is 14.9. The number of benzene rings is 1. The second kappa shape index (κ2) is 6.83. The average Bonchev–Trinajstić information content (AvgIpc) is 2.96. The maximum absolute atomic E-state index is 13.1. The van der Waals surface area contributed by atoms with Crippen molar-refractivity contribution < 1.29 is 9.18 Å². The van der Waals surface area contributed by atoms with Crippen molar-refractivity contribution in [3.63, 3.8) is 0 Å². The Morgan fingerprint density at radius 1 is 1.18 bits per heavy atom. The fourth-order valence-electron chi connectivity index (χ4n) is 2.63. The van der Waals surface area contributed by atoms with Crippen LogP contribution in [0, 0.1) is 5.82 Å². The summed E-state index contributed by atoms with van der Waals surface area (Å²) >= 11 is 1.41. The Hall–Kier alpha value is -2.02.